The number of aliphatic carboxylic acids is 1. The van der Waals surface area contributed by atoms with Crippen molar-refractivity contribution >= 4 is 16.0 Å². The molecular formula is C13H17FN2O5S. The monoisotopic (exact) mass is 332 g/mol. The Balaban J connectivity index is 2.33. The summed E-state index contributed by atoms with van der Waals surface area (Å²) in [6, 6.07) is -0.404. The molecule has 1 aliphatic heterocycles. The van der Waals surface area contributed by atoms with E-state index in [2.05, 4.69) is 4.98 Å². The van der Waals surface area contributed by atoms with E-state index in [-0.39, 0.29) is 10.8 Å². The maximum atomic E-state index is 13.2. The number of ether oxygens (including phenoxy) is 1. The van der Waals surface area contributed by atoms with E-state index in [4.69, 9.17) is 4.74 Å². The minimum atomic E-state index is -4.15. The van der Waals surface area contributed by atoms with Gasteiger partial charge in [0, 0.05) is 26.5 Å². The van der Waals surface area contributed by atoms with Crippen molar-refractivity contribution in [1.82, 2.24) is 9.29 Å². The number of pyridine rings is 1. The average Bonchev–Trinajstić information content (AvgIpc) is 2.48. The molecular weight excluding hydrogens is 315 g/mol. The number of hydrogen-bond acceptors (Lipinski definition) is 5. The summed E-state index contributed by atoms with van der Waals surface area (Å²) in [5, 5.41) is 9.42. The molecule has 0 bridgehead atoms. The van der Waals surface area contributed by atoms with Crippen LogP contribution in [0.1, 0.15) is 12.8 Å². The first kappa shape index (κ1) is 16.8. The lowest BCUT2D eigenvalue weighted by atomic mass is 9.92. The van der Waals surface area contributed by atoms with Gasteiger partial charge in [0.1, 0.15) is 16.8 Å². The quantitative estimate of drug-likeness (QED) is 0.853. The highest BCUT2D eigenvalue weighted by atomic mass is 32.2. The normalized spacial score (nSPS) is 18.3. The number of hydrogen-bond donors (Lipinski definition) is 1. The molecule has 0 spiro atoms. The Labute approximate surface area is 127 Å². The highest BCUT2D eigenvalue weighted by Crippen LogP contribution is 2.26. The van der Waals surface area contributed by atoms with Gasteiger partial charge in [-0.15, -0.1) is 0 Å². The summed E-state index contributed by atoms with van der Waals surface area (Å²) in [5.74, 6) is -2.39. The van der Waals surface area contributed by atoms with E-state index in [0.29, 0.717) is 26.1 Å². The molecule has 9 heteroatoms. The third-order valence-corrected chi connectivity index (χ3v) is 5.52. The summed E-state index contributed by atoms with van der Waals surface area (Å²) in [6.07, 6.45) is 2.79. The van der Waals surface area contributed by atoms with E-state index in [1.54, 1.807) is 0 Å². The number of carbonyl (C=O) groups is 1. The maximum Gasteiger partial charge on any atom is 0.322 e. The molecule has 1 N–H and O–H groups in total. The zero-order chi connectivity index (χ0) is 16.3. The first-order valence-corrected chi connectivity index (χ1v) is 8.17. The van der Waals surface area contributed by atoms with Crippen LogP contribution in [0.3, 0.4) is 0 Å². The summed E-state index contributed by atoms with van der Waals surface area (Å²) in [5.41, 5.74) is 0. The number of nitrogens with zero attached hydrogens (tertiary/aromatic N) is 2. The summed E-state index contributed by atoms with van der Waals surface area (Å²) in [7, 11) is -2.96. The highest BCUT2D eigenvalue weighted by molar-refractivity contribution is 7.89. The van der Waals surface area contributed by atoms with Gasteiger partial charge in [0.25, 0.3) is 0 Å². The molecule has 0 amide bonds. The Morgan fingerprint density at radius 3 is 2.64 bits per heavy atom. The van der Waals surface area contributed by atoms with Crippen LogP contribution < -0.4 is 0 Å². The van der Waals surface area contributed by atoms with E-state index >= 15 is 0 Å². The predicted molar refractivity (Wildman–Crippen MR) is 74.1 cm³/mol. The predicted octanol–water partition coefficient (Wildman–Crippen LogP) is 0.721. The summed E-state index contributed by atoms with van der Waals surface area (Å²) < 4.78 is 44.1. The highest BCUT2D eigenvalue weighted by Gasteiger charge is 2.39. The van der Waals surface area contributed by atoms with Gasteiger partial charge in [-0.3, -0.25) is 9.78 Å². The molecule has 1 atom stereocenters. The molecule has 2 heterocycles. The first-order valence-electron chi connectivity index (χ1n) is 6.73. The minimum Gasteiger partial charge on any atom is -0.480 e. The van der Waals surface area contributed by atoms with Crippen LogP contribution in [0.4, 0.5) is 4.39 Å². The number of carboxylic acid groups (broad SMARTS) is 1. The fourth-order valence-electron chi connectivity index (χ4n) is 2.53. The van der Waals surface area contributed by atoms with Crippen LogP contribution in [-0.4, -0.2) is 55.1 Å². The number of carboxylic acids is 1. The number of halogens is 1. The molecule has 2 rings (SSSR count). The van der Waals surface area contributed by atoms with Crippen LogP contribution in [0.25, 0.3) is 0 Å². The van der Waals surface area contributed by atoms with Gasteiger partial charge in [0.2, 0.25) is 10.0 Å². The van der Waals surface area contributed by atoms with Gasteiger partial charge >= 0.3 is 5.97 Å². The van der Waals surface area contributed by atoms with Crippen molar-refractivity contribution < 1.29 is 27.4 Å². The van der Waals surface area contributed by atoms with Crippen molar-refractivity contribution in [3.63, 3.8) is 0 Å². The Bertz CT molecular complexity index is 646. The van der Waals surface area contributed by atoms with Crippen molar-refractivity contribution in [3.05, 3.63) is 24.3 Å². The van der Waals surface area contributed by atoms with Crippen molar-refractivity contribution in [2.75, 3.05) is 20.3 Å². The number of sulfonamides is 1. The molecule has 0 aliphatic carbocycles. The summed E-state index contributed by atoms with van der Waals surface area (Å²) in [6.45, 7) is 0.785. The third kappa shape index (κ3) is 3.42. The molecule has 7 nitrogen and oxygen atoms in total. The van der Waals surface area contributed by atoms with Gasteiger partial charge in [0.05, 0.1) is 6.20 Å². The summed E-state index contributed by atoms with van der Waals surface area (Å²) >= 11 is 0. The van der Waals surface area contributed by atoms with E-state index in [9.17, 15) is 22.7 Å². The topological polar surface area (TPSA) is 96.8 Å². The molecule has 1 aromatic heterocycles. The van der Waals surface area contributed by atoms with E-state index in [1.807, 2.05) is 0 Å². The molecule has 1 aromatic rings. The lowest BCUT2D eigenvalue weighted by Gasteiger charge is -2.33. The summed E-state index contributed by atoms with van der Waals surface area (Å²) in [4.78, 5) is 14.7. The molecule has 1 unspecified atom stereocenters. The zero-order valence-electron chi connectivity index (χ0n) is 12.0. The molecule has 1 saturated heterocycles. The second-order valence-electron chi connectivity index (χ2n) is 5.09. The zero-order valence-corrected chi connectivity index (χ0v) is 12.8. The van der Waals surface area contributed by atoms with Crippen molar-refractivity contribution in [3.8, 4) is 0 Å². The Morgan fingerprint density at radius 1 is 1.45 bits per heavy atom. The van der Waals surface area contributed by atoms with Gasteiger partial charge in [-0.25, -0.2) is 12.8 Å². The van der Waals surface area contributed by atoms with Gasteiger partial charge in [-0.2, -0.15) is 4.31 Å². The molecule has 1 fully saturated rings. The number of likely N-dealkylation sites (N-methyl/N-ethyl adjacent to an activating group) is 1. The fraction of sp³-hybridized carbons (Fsp3) is 0.538. The lowest BCUT2D eigenvalue weighted by molar-refractivity contribution is -0.144. The second-order valence-corrected chi connectivity index (χ2v) is 7.09. The van der Waals surface area contributed by atoms with E-state index < -0.39 is 27.9 Å². The average molecular weight is 332 g/mol. The fourth-order valence-corrected chi connectivity index (χ4v) is 3.88. The molecule has 0 radical (unpaired) electrons. The van der Waals surface area contributed by atoms with Crippen molar-refractivity contribution in [2.24, 2.45) is 5.92 Å². The lowest BCUT2D eigenvalue weighted by Crippen LogP contribution is -2.48. The van der Waals surface area contributed by atoms with Crippen LogP contribution in [0.5, 0.6) is 0 Å². The van der Waals surface area contributed by atoms with E-state index in [0.717, 1.165) is 22.8 Å². The first-order chi connectivity index (χ1) is 10.3. The van der Waals surface area contributed by atoms with Crippen LogP contribution >= 0.6 is 0 Å². The second kappa shape index (κ2) is 6.67. The Kier molecular flexibility index (Phi) is 5.09. The van der Waals surface area contributed by atoms with Crippen LogP contribution in [0.15, 0.2) is 23.4 Å². The number of aromatic nitrogens is 1. The molecule has 0 saturated carbocycles. The number of rotatable bonds is 5. The van der Waals surface area contributed by atoms with Crippen LogP contribution in [-0.2, 0) is 19.6 Å². The van der Waals surface area contributed by atoms with Gasteiger partial charge in [-0.1, -0.05) is 0 Å². The molecule has 1 aliphatic rings. The maximum absolute atomic E-state index is 13.2. The van der Waals surface area contributed by atoms with Crippen molar-refractivity contribution in [2.45, 2.75) is 23.8 Å². The Hall–Kier alpha value is -1.58. The SMILES string of the molecule is CN(C(C(=O)O)C1CCOCC1)S(=O)(=O)c1cncc(F)c1. The van der Waals surface area contributed by atoms with Crippen LogP contribution in [0.2, 0.25) is 0 Å². The van der Waals surface area contributed by atoms with Gasteiger partial charge in [0.15, 0.2) is 0 Å². The van der Waals surface area contributed by atoms with Crippen LogP contribution in [0, 0.1) is 11.7 Å². The smallest absolute Gasteiger partial charge is 0.322 e. The molecule has 22 heavy (non-hydrogen) atoms. The third-order valence-electron chi connectivity index (χ3n) is 3.71. The van der Waals surface area contributed by atoms with Gasteiger partial charge in [-0.05, 0) is 24.8 Å². The Morgan fingerprint density at radius 2 is 2.09 bits per heavy atom. The molecule has 0 aromatic carbocycles. The van der Waals surface area contributed by atoms with Crippen molar-refractivity contribution in [1.29, 1.82) is 0 Å². The van der Waals surface area contributed by atoms with Gasteiger partial charge < -0.3 is 9.84 Å². The standard InChI is InChI=1S/C13H17FN2O5S/c1-16(12(13(17)18)9-2-4-21-5-3-9)22(19,20)11-6-10(14)7-15-8-11/h6-9,12H,2-5H2,1H3,(H,17,18). The minimum absolute atomic E-state index is 0.354. The molecule has 122 valence electrons. The van der Waals surface area contributed by atoms with E-state index in [1.165, 1.54) is 7.05 Å². The largest absolute Gasteiger partial charge is 0.480 e.